The van der Waals surface area contributed by atoms with Gasteiger partial charge in [-0.1, -0.05) is 12.1 Å². The predicted molar refractivity (Wildman–Crippen MR) is 74.1 cm³/mol. The molecule has 3 heteroatoms. The first-order chi connectivity index (χ1) is 7.45. The molecular formula is C12H15PS2. The van der Waals surface area contributed by atoms with Crippen molar-refractivity contribution in [3.05, 3.63) is 44.8 Å². The minimum absolute atomic E-state index is 1.12. The highest BCUT2D eigenvalue weighted by molar-refractivity contribution is 7.38. The quantitative estimate of drug-likeness (QED) is 0.533. The number of hydrogen-bond acceptors (Lipinski definition) is 2. The second kappa shape index (κ2) is 6.42. The van der Waals surface area contributed by atoms with Gasteiger partial charge in [-0.15, -0.1) is 31.3 Å². The molecule has 80 valence electrons. The van der Waals surface area contributed by atoms with Crippen molar-refractivity contribution < 1.29 is 0 Å². The lowest BCUT2D eigenvalue weighted by Crippen LogP contribution is -1.87. The van der Waals surface area contributed by atoms with Crippen LogP contribution in [0.2, 0.25) is 0 Å². The summed E-state index contributed by atoms with van der Waals surface area (Å²) in [6, 6.07) is 8.78. The molecule has 0 saturated heterocycles. The Labute approximate surface area is 101 Å². The Balaban J connectivity index is 1.56. The Morgan fingerprint density at radius 3 is 1.80 bits per heavy atom. The average molecular weight is 254 g/mol. The number of aryl methyl sites for hydroxylation is 2. The van der Waals surface area contributed by atoms with Crippen LogP contribution in [0.1, 0.15) is 9.75 Å². The minimum atomic E-state index is 1.12. The van der Waals surface area contributed by atoms with Gasteiger partial charge >= 0.3 is 0 Å². The molecule has 2 aromatic rings. The zero-order chi connectivity index (χ0) is 10.3. The molecule has 0 spiro atoms. The SMILES string of the molecule is c1csc(CCPCCc2cccs2)c1. The Morgan fingerprint density at radius 1 is 0.867 bits per heavy atom. The van der Waals surface area contributed by atoms with Gasteiger partial charge in [0.1, 0.15) is 0 Å². The summed E-state index contributed by atoms with van der Waals surface area (Å²) in [6.45, 7) is 0. The largest absolute Gasteiger partial charge is 0.149 e. The molecule has 0 N–H and O–H groups in total. The Bertz CT molecular complexity index is 315. The first-order valence-electron chi connectivity index (χ1n) is 5.20. The van der Waals surface area contributed by atoms with Crippen LogP contribution >= 0.6 is 31.3 Å². The normalized spacial score (nSPS) is 10.7. The molecule has 0 aliphatic heterocycles. The van der Waals surface area contributed by atoms with Gasteiger partial charge in [-0.3, -0.25) is 0 Å². The molecule has 0 atom stereocenters. The van der Waals surface area contributed by atoms with E-state index < -0.39 is 0 Å². The van der Waals surface area contributed by atoms with Gasteiger partial charge in [-0.25, -0.2) is 0 Å². The van der Waals surface area contributed by atoms with E-state index in [1.54, 1.807) is 9.75 Å². The van der Waals surface area contributed by atoms with Crippen molar-refractivity contribution in [3.8, 4) is 0 Å². The van der Waals surface area contributed by atoms with E-state index in [2.05, 4.69) is 35.0 Å². The first kappa shape index (κ1) is 11.3. The second-order valence-corrected chi connectivity index (χ2v) is 6.97. The van der Waals surface area contributed by atoms with Crippen molar-refractivity contribution >= 4 is 31.3 Å². The van der Waals surface area contributed by atoms with E-state index in [0.29, 0.717) is 0 Å². The molecule has 0 nitrogen and oxygen atoms in total. The van der Waals surface area contributed by atoms with Crippen LogP contribution in [0, 0.1) is 0 Å². The number of thiophene rings is 2. The molecule has 0 aliphatic carbocycles. The van der Waals surface area contributed by atoms with Gasteiger partial charge in [-0.2, -0.15) is 0 Å². The van der Waals surface area contributed by atoms with Crippen LogP contribution in [0.4, 0.5) is 0 Å². The van der Waals surface area contributed by atoms with Crippen molar-refractivity contribution in [1.29, 1.82) is 0 Å². The fourth-order valence-corrected chi connectivity index (χ4v) is 4.38. The van der Waals surface area contributed by atoms with E-state index in [4.69, 9.17) is 0 Å². The van der Waals surface area contributed by atoms with Crippen LogP contribution in [-0.2, 0) is 12.8 Å². The molecule has 2 heterocycles. The van der Waals surface area contributed by atoms with Crippen molar-refractivity contribution in [3.63, 3.8) is 0 Å². The summed E-state index contributed by atoms with van der Waals surface area (Å²) in [5.41, 5.74) is 0. The fraction of sp³-hybridized carbons (Fsp3) is 0.333. The Kier molecular flexibility index (Phi) is 4.85. The molecule has 0 aromatic carbocycles. The van der Waals surface area contributed by atoms with Crippen molar-refractivity contribution in [2.24, 2.45) is 0 Å². The van der Waals surface area contributed by atoms with E-state index in [9.17, 15) is 0 Å². The van der Waals surface area contributed by atoms with E-state index >= 15 is 0 Å². The van der Waals surface area contributed by atoms with Crippen LogP contribution < -0.4 is 0 Å². The zero-order valence-electron chi connectivity index (χ0n) is 8.61. The summed E-state index contributed by atoms with van der Waals surface area (Å²) in [7, 11) is 1.12. The van der Waals surface area contributed by atoms with Gasteiger partial charge in [0, 0.05) is 9.75 Å². The summed E-state index contributed by atoms with van der Waals surface area (Å²) in [4.78, 5) is 3.08. The molecule has 0 fully saturated rings. The summed E-state index contributed by atoms with van der Waals surface area (Å²) in [5.74, 6) is 0. The summed E-state index contributed by atoms with van der Waals surface area (Å²) in [6.07, 6.45) is 5.29. The van der Waals surface area contributed by atoms with Gasteiger partial charge in [0.15, 0.2) is 0 Å². The van der Waals surface area contributed by atoms with E-state index in [-0.39, 0.29) is 0 Å². The van der Waals surface area contributed by atoms with Gasteiger partial charge in [-0.05, 0) is 48.1 Å². The van der Waals surface area contributed by atoms with Crippen molar-refractivity contribution in [1.82, 2.24) is 0 Å². The lowest BCUT2D eigenvalue weighted by atomic mass is 10.4. The summed E-state index contributed by atoms with van der Waals surface area (Å²) >= 11 is 3.77. The summed E-state index contributed by atoms with van der Waals surface area (Å²) < 4.78 is 0. The second-order valence-electron chi connectivity index (χ2n) is 3.41. The third kappa shape index (κ3) is 4.06. The maximum atomic E-state index is 2.24. The average Bonchev–Trinajstić information content (AvgIpc) is 2.88. The van der Waals surface area contributed by atoms with E-state index in [0.717, 1.165) is 8.58 Å². The third-order valence-electron chi connectivity index (χ3n) is 2.26. The van der Waals surface area contributed by atoms with Crippen LogP contribution in [0.3, 0.4) is 0 Å². The molecule has 0 amide bonds. The molecule has 15 heavy (non-hydrogen) atoms. The van der Waals surface area contributed by atoms with Gasteiger partial charge < -0.3 is 0 Å². The standard InChI is InChI=1S/C12H15PS2/c1-3-11(14-9-1)5-7-13-8-6-12-4-2-10-15-12/h1-4,9-10,13H,5-8H2. The molecule has 0 unspecified atom stereocenters. The van der Waals surface area contributed by atoms with Crippen LogP contribution in [0.15, 0.2) is 35.0 Å². The molecule has 0 saturated carbocycles. The van der Waals surface area contributed by atoms with E-state index in [1.165, 1.54) is 25.2 Å². The number of hydrogen-bond donors (Lipinski definition) is 0. The van der Waals surface area contributed by atoms with Gasteiger partial charge in [0.25, 0.3) is 0 Å². The van der Waals surface area contributed by atoms with Crippen molar-refractivity contribution in [2.45, 2.75) is 12.8 Å². The molecule has 2 rings (SSSR count). The Morgan fingerprint density at radius 2 is 1.40 bits per heavy atom. The maximum Gasteiger partial charge on any atom is 0.00486 e. The zero-order valence-corrected chi connectivity index (χ0v) is 11.2. The molecule has 0 radical (unpaired) electrons. The van der Waals surface area contributed by atoms with E-state index in [1.807, 2.05) is 22.7 Å². The highest BCUT2D eigenvalue weighted by Gasteiger charge is 1.96. The third-order valence-corrected chi connectivity index (χ3v) is 5.34. The smallest absolute Gasteiger partial charge is 0.00486 e. The summed E-state index contributed by atoms with van der Waals surface area (Å²) in [5, 5.41) is 4.34. The molecule has 0 bridgehead atoms. The lowest BCUT2D eigenvalue weighted by molar-refractivity contribution is 1.16. The minimum Gasteiger partial charge on any atom is -0.149 e. The molecule has 2 aromatic heterocycles. The first-order valence-corrected chi connectivity index (χ1v) is 8.38. The fourth-order valence-electron chi connectivity index (χ4n) is 1.46. The number of rotatable bonds is 6. The van der Waals surface area contributed by atoms with Crippen LogP contribution in [-0.4, -0.2) is 12.3 Å². The highest BCUT2D eigenvalue weighted by atomic mass is 32.1. The van der Waals surface area contributed by atoms with Crippen LogP contribution in [0.25, 0.3) is 0 Å². The lowest BCUT2D eigenvalue weighted by Gasteiger charge is -1.99. The van der Waals surface area contributed by atoms with Gasteiger partial charge in [0.2, 0.25) is 0 Å². The maximum absolute atomic E-state index is 2.24. The molecular weight excluding hydrogens is 239 g/mol. The topological polar surface area (TPSA) is 0 Å². The Hall–Kier alpha value is -0.170. The highest BCUT2D eigenvalue weighted by Crippen LogP contribution is 2.19. The monoisotopic (exact) mass is 254 g/mol. The van der Waals surface area contributed by atoms with Gasteiger partial charge in [0.05, 0.1) is 0 Å². The van der Waals surface area contributed by atoms with Crippen molar-refractivity contribution in [2.75, 3.05) is 12.3 Å². The predicted octanol–water partition coefficient (Wildman–Crippen LogP) is 4.27. The molecule has 0 aliphatic rings. The van der Waals surface area contributed by atoms with Crippen LogP contribution in [0.5, 0.6) is 0 Å².